The zero-order chi connectivity index (χ0) is 27.1. The van der Waals surface area contributed by atoms with Gasteiger partial charge in [0.1, 0.15) is 24.5 Å². The van der Waals surface area contributed by atoms with Crippen LogP contribution in [-0.4, -0.2) is 47.2 Å². The third-order valence-corrected chi connectivity index (χ3v) is 7.95. The molecule has 1 aliphatic heterocycles. The third-order valence-electron chi connectivity index (χ3n) is 6.38. The highest BCUT2D eigenvalue weighted by atomic mass is 31.2. The number of H-pyrrole nitrogens is 1. The molecule has 208 valence electrons. The van der Waals surface area contributed by atoms with Gasteiger partial charge < -0.3 is 18.7 Å². The van der Waals surface area contributed by atoms with Gasteiger partial charge in [-0.3, -0.25) is 23.7 Å². The minimum Gasteiger partial charge on any atom is -0.461 e. The molecule has 0 radical (unpaired) electrons. The molecule has 1 aliphatic carbocycles. The molecule has 2 fully saturated rings. The third kappa shape index (κ3) is 7.42. The number of rotatable bonds is 11. The summed E-state index contributed by atoms with van der Waals surface area (Å²) < 4.78 is 43.4. The first kappa shape index (κ1) is 28.3. The van der Waals surface area contributed by atoms with Crippen LogP contribution in [0.4, 0.5) is 0 Å². The van der Waals surface area contributed by atoms with Gasteiger partial charge in [-0.15, -0.1) is 0 Å². The van der Waals surface area contributed by atoms with Crippen molar-refractivity contribution in [2.24, 2.45) is 0 Å². The molecule has 2 aliphatic rings. The Morgan fingerprint density at radius 2 is 1.95 bits per heavy atom. The standard InChI is InChI=1S/C25H34N3O9P/c1-3-20(24(30)35-18-10-6-4-7-11-18)27-38(32,37-19-12-8-5-9-13-19)34-16-22-33-15-21(36-22)28-14-17(2)23(29)26-25(28)31/h5,8-9,12-14,18,20-22H,3-4,6-7,10-11,15-16H2,1-2H3,(H,27,32)(H,26,29,31)/t20?,21-,22-,38?/m1/s1. The normalized spacial score (nSPS) is 22.5. The number of carbonyl (C=O) groups is 1. The summed E-state index contributed by atoms with van der Waals surface area (Å²) in [5, 5.41) is 2.74. The van der Waals surface area contributed by atoms with Crippen LogP contribution in [0, 0.1) is 6.92 Å². The molecule has 1 aromatic heterocycles. The SMILES string of the molecule is CCC(NP(=O)(OC[C@@H]1OC[C@H](n2cc(C)c(=O)[nH]c2=O)O1)Oc1ccccc1)C(=O)OC1CCCCC1. The molecule has 0 spiro atoms. The summed E-state index contributed by atoms with van der Waals surface area (Å²) in [6.07, 6.45) is 4.49. The molecule has 4 rings (SSSR count). The summed E-state index contributed by atoms with van der Waals surface area (Å²) in [6.45, 7) is 3.02. The fourth-order valence-corrected chi connectivity index (χ4v) is 5.84. The average Bonchev–Trinajstić information content (AvgIpc) is 3.38. The molecule has 4 atom stereocenters. The summed E-state index contributed by atoms with van der Waals surface area (Å²) >= 11 is 0. The van der Waals surface area contributed by atoms with E-state index >= 15 is 0 Å². The molecule has 1 aromatic carbocycles. The van der Waals surface area contributed by atoms with Crippen molar-refractivity contribution in [1.82, 2.24) is 14.6 Å². The van der Waals surface area contributed by atoms with Crippen molar-refractivity contribution < 1.29 is 32.6 Å². The first-order valence-corrected chi connectivity index (χ1v) is 14.4. The van der Waals surface area contributed by atoms with Gasteiger partial charge in [0.25, 0.3) is 5.56 Å². The number of hydrogen-bond donors (Lipinski definition) is 2. The van der Waals surface area contributed by atoms with Crippen molar-refractivity contribution in [2.45, 2.75) is 77.0 Å². The second-order valence-corrected chi connectivity index (χ2v) is 11.0. The summed E-state index contributed by atoms with van der Waals surface area (Å²) in [7, 11) is -4.12. The second-order valence-electron chi connectivity index (χ2n) is 9.32. The van der Waals surface area contributed by atoms with Gasteiger partial charge in [-0.25, -0.2) is 9.36 Å². The number of nitrogens with one attached hydrogen (secondary N) is 2. The quantitative estimate of drug-likeness (QED) is 0.315. The van der Waals surface area contributed by atoms with E-state index < -0.39 is 43.5 Å². The zero-order valence-electron chi connectivity index (χ0n) is 21.5. The first-order chi connectivity index (χ1) is 18.3. The number of ether oxygens (including phenoxy) is 3. The Labute approximate surface area is 220 Å². The van der Waals surface area contributed by atoms with E-state index in [1.165, 1.54) is 10.8 Å². The Morgan fingerprint density at radius 1 is 1.21 bits per heavy atom. The van der Waals surface area contributed by atoms with E-state index in [1.54, 1.807) is 44.2 Å². The van der Waals surface area contributed by atoms with Gasteiger partial charge in [-0.05, 0) is 51.2 Å². The molecule has 12 nitrogen and oxygen atoms in total. The van der Waals surface area contributed by atoms with Crippen molar-refractivity contribution in [3.63, 3.8) is 0 Å². The van der Waals surface area contributed by atoms with Gasteiger partial charge >= 0.3 is 19.4 Å². The van der Waals surface area contributed by atoms with Crippen LogP contribution < -0.4 is 20.9 Å². The van der Waals surface area contributed by atoms with E-state index in [1.807, 2.05) is 0 Å². The predicted molar refractivity (Wildman–Crippen MR) is 137 cm³/mol. The molecular formula is C25H34N3O9P. The fourth-order valence-electron chi connectivity index (χ4n) is 4.28. The molecule has 2 heterocycles. The Bertz CT molecular complexity index is 1240. The Hall–Kier alpha value is -2.76. The van der Waals surface area contributed by atoms with Crippen LogP contribution in [0.5, 0.6) is 5.75 Å². The highest BCUT2D eigenvalue weighted by Gasteiger charge is 2.37. The lowest BCUT2D eigenvalue weighted by atomic mass is 9.98. The van der Waals surface area contributed by atoms with Crippen LogP contribution in [0.25, 0.3) is 0 Å². The summed E-state index contributed by atoms with van der Waals surface area (Å²) in [6, 6.07) is 7.51. The monoisotopic (exact) mass is 551 g/mol. The van der Waals surface area contributed by atoms with Gasteiger partial charge in [0, 0.05) is 11.8 Å². The number of aryl methyl sites for hydroxylation is 1. The summed E-state index contributed by atoms with van der Waals surface area (Å²) in [5.74, 6) is -0.235. The van der Waals surface area contributed by atoms with E-state index in [-0.39, 0.29) is 25.1 Å². The number of aromatic nitrogens is 2. The summed E-state index contributed by atoms with van der Waals surface area (Å²) in [4.78, 5) is 39.0. The van der Waals surface area contributed by atoms with Crippen molar-refractivity contribution in [3.8, 4) is 5.75 Å². The predicted octanol–water partition coefficient (Wildman–Crippen LogP) is 3.16. The molecule has 2 N–H and O–H groups in total. The largest absolute Gasteiger partial charge is 0.461 e. The van der Waals surface area contributed by atoms with Gasteiger partial charge in [-0.2, -0.15) is 5.09 Å². The Morgan fingerprint density at radius 3 is 2.66 bits per heavy atom. The van der Waals surface area contributed by atoms with Crippen LogP contribution in [0.1, 0.15) is 57.2 Å². The van der Waals surface area contributed by atoms with Gasteiger partial charge in [0.15, 0.2) is 12.5 Å². The number of nitrogens with zero attached hydrogens (tertiary/aromatic N) is 1. The lowest BCUT2D eigenvalue weighted by Crippen LogP contribution is -2.39. The maximum atomic E-state index is 13.8. The van der Waals surface area contributed by atoms with Gasteiger partial charge in [-0.1, -0.05) is 31.5 Å². The first-order valence-electron chi connectivity index (χ1n) is 12.8. The van der Waals surface area contributed by atoms with Crippen LogP contribution >= 0.6 is 7.75 Å². The van der Waals surface area contributed by atoms with Crippen molar-refractivity contribution in [1.29, 1.82) is 0 Å². The molecule has 1 saturated heterocycles. The van der Waals surface area contributed by atoms with E-state index in [2.05, 4.69) is 10.1 Å². The van der Waals surface area contributed by atoms with E-state index in [9.17, 15) is 18.9 Å². The number of aromatic amines is 1. The smallest absolute Gasteiger partial charge is 0.459 e. The number of benzene rings is 1. The minimum absolute atomic E-state index is 0.00197. The lowest BCUT2D eigenvalue weighted by molar-refractivity contribution is -0.152. The number of carbonyl (C=O) groups excluding carboxylic acids is 1. The van der Waals surface area contributed by atoms with Crippen LogP contribution in [-0.2, 0) is 28.1 Å². The average molecular weight is 552 g/mol. The topological polar surface area (TPSA) is 147 Å². The second kappa shape index (κ2) is 12.9. The van der Waals surface area contributed by atoms with Crippen LogP contribution in [0.2, 0.25) is 0 Å². The molecule has 2 unspecified atom stereocenters. The molecule has 13 heteroatoms. The molecular weight excluding hydrogens is 517 g/mol. The maximum absolute atomic E-state index is 13.8. The highest BCUT2D eigenvalue weighted by Crippen LogP contribution is 2.45. The summed E-state index contributed by atoms with van der Waals surface area (Å²) in [5.41, 5.74) is -0.788. The van der Waals surface area contributed by atoms with Gasteiger partial charge in [0.05, 0.1) is 6.61 Å². The van der Waals surface area contributed by atoms with E-state index in [0.29, 0.717) is 12.0 Å². The lowest BCUT2D eigenvalue weighted by Gasteiger charge is -2.27. The number of esters is 1. The van der Waals surface area contributed by atoms with Crippen LogP contribution in [0.15, 0.2) is 46.1 Å². The zero-order valence-corrected chi connectivity index (χ0v) is 22.4. The highest BCUT2D eigenvalue weighted by molar-refractivity contribution is 7.52. The van der Waals surface area contributed by atoms with Crippen molar-refractivity contribution >= 4 is 13.7 Å². The molecule has 0 amide bonds. The molecule has 2 aromatic rings. The van der Waals surface area contributed by atoms with Crippen LogP contribution in [0.3, 0.4) is 0 Å². The molecule has 38 heavy (non-hydrogen) atoms. The molecule has 1 saturated carbocycles. The molecule has 0 bridgehead atoms. The Balaban J connectivity index is 1.43. The maximum Gasteiger partial charge on any atom is 0.459 e. The van der Waals surface area contributed by atoms with Crippen molar-refractivity contribution in [2.75, 3.05) is 13.2 Å². The van der Waals surface area contributed by atoms with Gasteiger partial charge in [0.2, 0.25) is 0 Å². The van der Waals surface area contributed by atoms with E-state index in [4.69, 9.17) is 23.3 Å². The van der Waals surface area contributed by atoms with Crippen molar-refractivity contribution in [3.05, 3.63) is 62.9 Å². The Kier molecular flexibility index (Phi) is 9.56. The van der Waals surface area contributed by atoms with E-state index in [0.717, 1.165) is 32.1 Å². The fraction of sp³-hybridized carbons (Fsp3) is 0.560. The minimum atomic E-state index is -4.12. The number of para-hydroxylation sites is 1. The number of hydrogen-bond acceptors (Lipinski definition) is 9.